The minimum atomic E-state index is -1.42. The van der Waals surface area contributed by atoms with Gasteiger partial charge in [0.05, 0.1) is 10.2 Å². The van der Waals surface area contributed by atoms with Crippen molar-refractivity contribution in [3.8, 4) is 0 Å². The minimum Gasteiger partial charge on any atom is -0.354 e. The third-order valence-electron chi connectivity index (χ3n) is 2.93. The van der Waals surface area contributed by atoms with Crippen LogP contribution in [0.15, 0.2) is 22.7 Å². The molecule has 0 radical (unpaired) electrons. The Hall–Kier alpha value is -0.520. The molecule has 23 heavy (non-hydrogen) atoms. The fraction of sp³-hybridized carbons (Fsp3) is 0.385. The molecule has 2 unspecified atom stereocenters. The maximum Gasteiger partial charge on any atom is 0.242 e. The smallest absolute Gasteiger partial charge is 0.242 e. The number of thiazole rings is 1. The molecular formula is C13H17BrN4O2S3. The lowest BCUT2D eigenvalue weighted by molar-refractivity contribution is -0.120. The van der Waals surface area contributed by atoms with E-state index >= 15 is 0 Å². The summed E-state index contributed by atoms with van der Waals surface area (Å²) >= 11 is 5.93. The Morgan fingerprint density at radius 2 is 2.30 bits per heavy atom. The zero-order valence-electron chi connectivity index (χ0n) is 12.2. The lowest BCUT2D eigenvalue weighted by Gasteiger charge is -2.13. The Labute approximate surface area is 153 Å². The Balaban J connectivity index is 2.30. The highest BCUT2D eigenvalue weighted by molar-refractivity contribution is 9.10. The van der Waals surface area contributed by atoms with Crippen LogP contribution in [-0.2, 0) is 15.6 Å². The highest BCUT2D eigenvalue weighted by atomic mass is 79.9. The van der Waals surface area contributed by atoms with Crippen molar-refractivity contribution < 1.29 is 9.00 Å². The summed E-state index contributed by atoms with van der Waals surface area (Å²) in [6, 6.07) is 5.68. The van der Waals surface area contributed by atoms with E-state index in [0.29, 0.717) is 17.3 Å². The Morgan fingerprint density at radius 1 is 1.52 bits per heavy atom. The Kier molecular flexibility index (Phi) is 7.44. The molecule has 0 saturated heterocycles. The van der Waals surface area contributed by atoms with E-state index in [4.69, 9.17) is 10.9 Å². The number of nitrogens with two attached hydrogens (primary N) is 2. The van der Waals surface area contributed by atoms with Crippen molar-refractivity contribution in [1.82, 2.24) is 10.3 Å². The van der Waals surface area contributed by atoms with Crippen LogP contribution in [0, 0.1) is 0 Å². The van der Waals surface area contributed by atoms with Crippen LogP contribution in [0.5, 0.6) is 0 Å². The zero-order chi connectivity index (χ0) is 16.8. The molecule has 0 saturated carbocycles. The van der Waals surface area contributed by atoms with E-state index < -0.39 is 16.0 Å². The minimum absolute atomic E-state index is 0.253. The first-order chi connectivity index (χ1) is 11.1. The van der Waals surface area contributed by atoms with Crippen molar-refractivity contribution in [3.05, 3.63) is 27.7 Å². The van der Waals surface area contributed by atoms with Gasteiger partial charge in [0, 0.05) is 39.9 Å². The number of fused-ring (bicyclic) bond motifs is 1. The Morgan fingerprint density at radius 3 is 3.00 bits per heavy atom. The van der Waals surface area contributed by atoms with Gasteiger partial charge in [-0.05, 0) is 18.2 Å². The van der Waals surface area contributed by atoms with Crippen LogP contribution in [-0.4, -0.2) is 39.7 Å². The standard InChI is InChI=1S/C13H17BrN4O2S3/c14-8-1-2-9-10(7-8)22-13(18-9)11(23(20)6-3-15)12(19)17-4-5-21-16/h1-2,7,11H,3-6,15-16H2,(H,17,19). The summed E-state index contributed by atoms with van der Waals surface area (Å²) < 4.78 is 14.3. The van der Waals surface area contributed by atoms with E-state index in [1.165, 1.54) is 11.3 Å². The van der Waals surface area contributed by atoms with Gasteiger partial charge in [0.15, 0.2) is 5.25 Å². The molecule has 10 heteroatoms. The van der Waals surface area contributed by atoms with E-state index in [1.807, 2.05) is 18.2 Å². The van der Waals surface area contributed by atoms with E-state index in [-0.39, 0.29) is 18.2 Å². The molecule has 1 aromatic carbocycles. The van der Waals surface area contributed by atoms with Gasteiger partial charge in [-0.3, -0.25) is 14.1 Å². The molecule has 5 N–H and O–H groups in total. The number of benzene rings is 1. The van der Waals surface area contributed by atoms with Crippen molar-refractivity contribution in [2.45, 2.75) is 5.25 Å². The number of aromatic nitrogens is 1. The fourth-order valence-electron chi connectivity index (χ4n) is 1.93. The van der Waals surface area contributed by atoms with E-state index in [1.54, 1.807) is 0 Å². The van der Waals surface area contributed by atoms with E-state index in [0.717, 1.165) is 26.6 Å². The van der Waals surface area contributed by atoms with Crippen LogP contribution >= 0.6 is 39.2 Å². The van der Waals surface area contributed by atoms with Gasteiger partial charge in [-0.25, -0.2) is 4.98 Å². The molecule has 0 aliphatic rings. The number of amides is 1. The van der Waals surface area contributed by atoms with Gasteiger partial charge in [0.25, 0.3) is 0 Å². The number of halogens is 1. The number of hydrogen-bond donors (Lipinski definition) is 3. The first-order valence-electron chi connectivity index (χ1n) is 6.79. The zero-order valence-corrected chi connectivity index (χ0v) is 16.2. The third kappa shape index (κ3) is 4.97. The second-order valence-electron chi connectivity index (χ2n) is 4.58. The average molecular weight is 437 g/mol. The summed E-state index contributed by atoms with van der Waals surface area (Å²) in [4.78, 5) is 16.9. The first-order valence-corrected chi connectivity index (χ1v) is 10.8. The maximum atomic E-state index is 12.5. The van der Waals surface area contributed by atoms with Gasteiger partial charge < -0.3 is 11.1 Å². The van der Waals surface area contributed by atoms with Crippen molar-refractivity contribution in [3.63, 3.8) is 0 Å². The molecule has 0 aliphatic heterocycles. The molecule has 0 spiro atoms. The summed E-state index contributed by atoms with van der Waals surface area (Å²) in [5, 5.41) is 7.85. The average Bonchev–Trinajstić information content (AvgIpc) is 2.90. The summed E-state index contributed by atoms with van der Waals surface area (Å²) in [5.41, 5.74) is 6.28. The molecule has 1 aromatic heterocycles. The predicted molar refractivity (Wildman–Crippen MR) is 102 cm³/mol. The SMILES string of the molecule is NCCS(=O)C(C(=O)NCCSN)c1nc2ccc(Br)cc2s1. The predicted octanol–water partition coefficient (Wildman–Crippen LogP) is 1.53. The monoisotopic (exact) mass is 436 g/mol. The number of hydrogen-bond acceptors (Lipinski definition) is 7. The van der Waals surface area contributed by atoms with Crippen LogP contribution in [0.3, 0.4) is 0 Å². The van der Waals surface area contributed by atoms with Crippen LogP contribution in [0.4, 0.5) is 0 Å². The van der Waals surface area contributed by atoms with Crippen LogP contribution in [0.2, 0.25) is 0 Å². The molecule has 0 fully saturated rings. The van der Waals surface area contributed by atoms with Gasteiger partial charge in [0.2, 0.25) is 5.91 Å². The normalized spacial score (nSPS) is 13.9. The molecule has 126 valence electrons. The third-order valence-corrected chi connectivity index (χ3v) is 6.70. The topological polar surface area (TPSA) is 111 Å². The maximum absolute atomic E-state index is 12.5. The number of carbonyl (C=O) groups is 1. The molecule has 2 atom stereocenters. The van der Waals surface area contributed by atoms with Crippen LogP contribution in [0.1, 0.15) is 10.3 Å². The van der Waals surface area contributed by atoms with Gasteiger partial charge in [-0.15, -0.1) is 11.3 Å². The number of carbonyl (C=O) groups excluding carboxylic acids is 1. The van der Waals surface area contributed by atoms with Gasteiger partial charge >= 0.3 is 0 Å². The molecule has 2 aromatic rings. The summed E-state index contributed by atoms with van der Waals surface area (Å²) in [6.45, 7) is 0.679. The van der Waals surface area contributed by atoms with Crippen molar-refractivity contribution in [1.29, 1.82) is 0 Å². The largest absolute Gasteiger partial charge is 0.354 e. The number of nitrogens with zero attached hydrogens (tertiary/aromatic N) is 1. The quantitative estimate of drug-likeness (QED) is 0.427. The van der Waals surface area contributed by atoms with Gasteiger partial charge in [-0.1, -0.05) is 27.9 Å². The highest BCUT2D eigenvalue weighted by Crippen LogP contribution is 2.31. The Bertz CT molecular complexity index is 710. The lowest BCUT2D eigenvalue weighted by atomic mass is 10.3. The highest BCUT2D eigenvalue weighted by Gasteiger charge is 2.29. The van der Waals surface area contributed by atoms with E-state index in [2.05, 4.69) is 26.2 Å². The molecule has 2 rings (SSSR count). The molecule has 0 aliphatic carbocycles. The molecular weight excluding hydrogens is 420 g/mol. The molecule has 1 amide bonds. The number of nitrogens with one attached hydrogen (secondary N) is 1. The summed E-state index contributed by atoms with van der Waals surface area (Å²) in [7, 11) is -1.42. The molecule has 0 bridgehead atoms. The lowest BCUT2D eigenvalue weighted by Crippen LogP contribution is -2.34. The van der Waals surface area contributed by atoms with Gasteiger partial charge in [0.1, 0.15) is 5.01 Å². The molecule has 1 heterocycles. The van der Waals surface area contributed by atoms with Crippen LogP contribution in [0.25, 0.3) is 10.2 Å². The van der Waals surface area contributed by atoms with Crippen LogP contribution < -0.4 is 16.2 Å². The van der Waals surface area contributed by atoms with Crippen molar-refractivity contribution in [2.75, 3.05) is 24.6 Å². The molecule has 6 nitrogen and oxygen atoms in total. The fourth-order valence-corrected chi connectivity index (χ4v) is 5.19. The second-order valence-corrected chi connectivity index (χ2v) is 8.94. The van der Waals surface area contributed by atoms with Gasteiger partial charge in [-0.2, -0.15) is 0 Å². The van der Waals surface area contributed by atoms with E-state index in [9.17, 15) is 9.00 Å². The second kappa shape index (κ2) is 9.09. The van der Waals surface area contributed by atoms with Crippen molar-refractivity contribution >= 4 is 66.1 Å². The first kappa shape index (κ1) is 18.8. The van der Waals surface area contributed by atoms with Crippen molar-refractivity contribution in [2.24, 2.45) is 10.9 Å². The number of rotatable bonds is 8. The summed E-state index contributed by atoms with van der Waals surface area (Å²) in [5.74, 6) is 0.543. The summed E-state index contributed by atoms with van der Waals surface area (Å²) in [6.07, 6.45) is 0.